The average molecular weight is 340 g/mol. The molecule has 0 spiro atoms. The molecule has 1 unspecified atom stereocenters. The van der Waals surface area contributed by atoms with E-state index in [0.29, 0.717) is 12.8 Å². The molecule has 1 fully saturated rings. The van der Waals surface area contributed by atoms with Crippen molar-refractivity contribution in [2.45, 2.75) is 38.2 Å². The van der Waals surface area contributed by atoms with Crippen LogP contribution in [-0.4, -0.2) is 20.8 Å². The maximum atomic E-state index is 11.4. The minimum absolute atomic E-state index is 0.168. The Kier molecular flexibility index (Phi) is 7.20. The zero-order valence-electron chi connectivity index (χ0n) is 9.21. The molecule has 108 valence electrons. The summed E-state index contributed by atoms with van der Waals surface area (Å²) in [5, 5.41) is 0. The quantitative estimate of drug-likeness (QED) is 0.276. The van der Waals surface area contributed by atoms with E-state index in [9.17, 15) is 14.0 Å². The van der Waals surface area contributed by atoms with Crippen LogP contribution < -0.4 is 0 Å². The highest BCUT2D eigenvalue weighted by molar-refractivity contribution is 8.74. The van der Waals surface area contributed by atoms with E-state index in [1.807, 2.05) is 0 Å². The number of rotatable bonds is 7. The standard InChI is InChI=1S/C6H14O8P2S2/c7-15(8,9)13-17-18-14-16(10,11)12-6-4-2-1-3-5-6/h6H,1-5H2,(H,10,11)(H2,7,8,9). The van der Waals surface area contributed by atoms with Gasteiger partial charge in [0, 0.05) is 0 Å². The van der Waals surface area contributed by atoms with E-state index in [1.165, 1.54) is 0 Å². The first kappa shape index (κ1) is 17.0. The monoisotopic (exact) mass is 340 g/mol. The molecule has 8 nitrogen and oxygen atoms in total. The Morgan fingerprint density at radius 3 is 2.06 bits per heavy atom. The van der Waals surface area contributed by atoms with E-state index in [0.717, 1.165) is 19.3 Å². The number of hydrogen-bond acceptors (Lipinski definition) is 7. The highest BCUT2D eigenvalue weighted by Crippen LogP contribution is 2.54. The number of phosphoric ester groups is 1. The van der Waals surface area contributed by atoms with Crippen LogP contribution in [0.5, 0.6) is 0 Å². The SMILES string of the molecule is O=P(O)(O)OSSOP(=O)(O)OC1CCCCC1. The summed E-state index contributed by atoms with van der Waals surface area (Å²) in [4.78, 5) is 26.0. The number of hydrogen-bond donors (Lipinski definition) is 3. The molecule has 0 aromatic carbocycles. The Balaban J connectivity index is 2.22. The van der Waals surface area contributed by atoms with Gasteiger partial charge in [-0.2, -0.15) is 0 Å². The molecule has 0 aliphatic heterocycles. The van der Waals surface area contributed by atoms with Crippen molar-refractivity contribution in [3.05, 3.63) is 0 Å². The van der Waals surface area contributed by atoms with Gasteiger partial charge in [0.25, 0.3) is 0 Å². The van der Waals surface area contributed by atoms with Gasteiger partial charge in [-0.05, 0) is 12.8 Å². The zero-order valence-corrected chi connectivity index (χ0v) is 12.6. The second-order valence-corrected chi connectivity index (χ2v) is 8.02. The summed E-state index contributed by atoms with van der Waals surface area (Å²) in [6.45, 7) is 0. The second-order valence-electron chi connectivity index (χ2n) is 3.61. The molecule has 0 saturated heterocycles. The van der Waals surface area contributed by atoms with Crippen molar-refractivity contribution in [3.63, 3.8) is 0 Å². The highest BCUT2D eigenvalue weighted by Gasteiger charge is 2.29. The summed E-state index contributed by atoms with van der Waals surface area (Å²) >= 11 is 0.408. The van der Waals surface area contributed by atoms with E-state index in [2.05, 4.69) is 7.94 Å². The highest BCUT2D eigenvalue weighted by atomic mass is 33.1. The Labute approximate surface area is 112 Å². The van der Waals surface area contributed by atoms with Crippen LogP contribution in [0.25, 0.3) is 0 Å². The predicted molar refractivity (Wildman–Crippen MR) is 67.2 cm³/mol. The molecule has 18 heavy (non-hydrogen) atoms. The van der Waals surface area contributed by atoms with Gasteiger partial charge in [-0.25, -0.2) is 17.1 Å². The lowest BCUT2D eigenvalue weighted by atomic mass is 9.98. The third-order valence-electron chi connectivity index (χ3n) is 2.11. The molecule has 0 bridgehead atoms. The van der Waals surface area contributed by atoms with Crippen molar-refractivity contribution >= 4 is 37.8 Å². The maximum Gasteiger partial charge on any atom is 0.484 e. The lowest BCUT2D eigenvalue weighted by Crippen LogP contribution is -2.15. The van der Waals surface area contributed by atoms with Crippen LogP contribution in [0.2, 0.25) is 0 Å². The minimum Gasteiger partial charge on any atom is -0.302 e. The molecular weight excluding hydrogens is 326 g/mol. The molecule has 0 aromatic rings. The van der Waals surface area contributed by atoms with E-state index in [-0.39, 0.29) is 28.3 Å². The Hall–Kier alpha value is 0.920. The third-order valence-corrected chi connectivity index (χ3v) is 6.01. The van der Waals surface area contributed by atoms with Crippen LogP contribution in [0.1, 0.15) is 32.1 Å². The van der Waals surface area contributed by atoms with Crippen molar-refractivity contribution in [2.75, 3.05) is 0 Å². The van der Waals surface area contributed by atoms with Gasteiger partial charge in [0.05, 0.1) is 6.10 Å². The van der Waals surface area contributed by atoms with Gasteiger partial charge in [0.1, 0.15) is 22.1 Å². The molecule has 1 rings (SSSR count). The molecule has 0 amide bonds. The van der Waals surface area contributed by atoms with Crippen LogP contribution in [0.3, 0.4) is 0 Å². The Bertz CT molecular complexity index is 340. The Morgan fingerprint density at radius 2 is 1.50 bits per heavy atom. The fraction of sp³-hybridized carbons (Fsp3) is 1.00. The van der Waals surface area contributed by atoms with Crippen molar-refractivity contribution < 1.29 is 36.3 Å². The van der Waals surface area contributed by atoms with Crippen LogP contribution >= 0.6 is 37.8 Å². The lowest BCUT2D eigenvalue weighted by molar-refractivity contribution is 0.112. The molecule has 0 aromatic heterocycles. The van der Waals surface area contributed by atoms with Gasteiger partial charge in [-0.1, -0.05) is 19.3 Å². The van der Waals surface area contributed by atoms with Crippen LogP contribution in [0.4, 0.5) is 0 Å². The predicted octanol–water partition coefficient (Wildman–Crippen LogP) is 2.77. The minimum atomic E-state index is -4.63. The van der Waals surface area contributed by atoms with E-state index < -0.39 is 15.6 Å². The fourth-order valence-corrected chi connectivity index (χ4v) is 4.88. The molecule has 0 radical (unpaired) electrons. The van der Waals surface area contributed by atoms with Crippen LogP contribution in [0.15, 0.2) is 0 Å². The van der Waals surface area contributed by atoms with E-state index in [1.54, 1.807) is 0 Å². The van der Waals surface area contributed by atoms with Gasteiger partial charge >= 0.3 is 15.6 Å². The van der Waals surface area contributed by atoms with Gasteiger partial charge < -0.3 is 14.7 Å². The molecular formula is C6H14O8P2S2. The van der Waals surface area contributed by atoms with Gasteiger partial charge in [-0.15, -0.1) is 0 Å². The summed E-state index contributed by atoms with van der Waals surface area (Å²) < 4.78 is 35.0. The smallest absolute Gasteiger partial charge is 0.302 e. The summed E-state index contributed by atoms with van der Waals surface area (Å²) in [5.74, 6) is 0. The summed E-state index contributed by atoms with van der Waals surface area (Å²) in [7, 11) is -8.87. The van der Waals surface area contributed by atoms with Crippen LogP contribution in [0, 0.1) is 0 Å². The van der Waals surface area contributed by atoms with Crippen molar-refractivity contribution in [2.24, 2.45) is 0 Å². The van der Waals surface area contributed by atoms with Gasteiger partial charge in [0.15, 0.2) is 0 Å². The first-order valence-corrected chi connectivity index (χ1v) is 10.1. The lowest BCUT2D eigenvalue weighted by Gasteiger charge is -2.23. The largest absolute Gasteiger partial charge is 0.484 e. The summed E-state index contributed by atoms with van der Waals surface area (Å²) in [6.07, 6.45) is 4.04. The summed E-state index contributed by atoms with van der Waals surface area (Å²) in [6, 6.07) is 0. The zero-order chi connectivity index (χ0) is 13.6. The third kappa shape index (κ3) is 8.16. The van der Waals surface area contributed by atoms with Crippen LogP contribution in [-0.2, 0) is 21.6 Å². The molecule has 1 aliphatic carbocycles. The molecule has 12 heteroatoms. The number of phosphoric acid groups is 2. The van der Waals surface area contributed by atoms with E-state index in [4.69, 9.17) is 14.3 Å². The molecule has 0 heterocycles. The van der Waals surface area contributed by atoms with Crippen molar-refractivity contribution in [1.29, 1.82) is 0 Å². The van der Waals surface area contributed by atoms with Crippen molar-refractivity contribution in [3.8, 4) is 0 Å². The molecule has 1 atom stereocenters. The molecule has 1 aliphatic rings. The van der Waals surface area contributed by atoms with E-state index >= 15 is 0 Å². The molecule has 1 saturated carbocycles. The molecule has 3 N–H and O–H groups in total. The summed E-state index contributed by atoms with van der Waals surface area (Å²) in [5.41, 5.74) is 0. The van der Waals surface area contributed by atoms with Gasteiger partial charge in [-0.3, -0.25) is 4.52 Å². The normalized spacial score (nSPS) is 21.7. The first-order chi connectivity index (χ1) is 8.29. The Morgan fingerprint density at radius 1 is 0.944 bits per heavy atom. The first-order valence-electron chi connectivity index (χ1n) is 5.07. The maximum absolute atomic E-state index is 11.4. The average Bonchev–Trinajstić information content (AvgIpc) is 2.24. The van der Waals surface area contributed by atoms with Gasteiger partial charge in [0.2, 0.25) is 0 Å². The second kappa shape index (κ2) is 7.64. The van der Waals surface area contributed by atoms with Crippen molar-refractivity contribution in [1.82, 2.24) is 0 Å². The fourth-order valence-electron chi connectivity index (χ4n) is 1.48. The topological polar surface area (TPSA) is 123 Å².